The van der Waals surface area contributed by atoms with Crippen LogP contribution in [0.3, 0.4) is 0 Å². The molecule has 0 aliphatic carbocycles. The zero-order valence-electron chi connectivity index (χ0n) is 11.2. The molecule has 5 heteroatoms. The summed E-state index contributed by atoms with van der Waals surface area (Å²) in [6.07, 6.45) is 0.902. The topological polar surface area (TPSA) is 47.1 Å². The fourth-order valence-electron chi connectivity index (χ4n) is 2.44. The molecule has 4 nitrogen and oxygen atoms in total. The molecule has 4 rings (SSSR count). The number of nitrogens with one attached hydrogen (secondary N) is 1. The minimum atomic E-state index is 0.682. The number of aromatic nitrogens is 2. The van der Waals surface area contributed by atoms with Crippen molar-refractivity contribution in [2.24, 2.45) is 0 Å². The predicted octanol–water partition coefficient (Wildman–Crippen LogP) is 4.15. The summed E-state index contributed by atoms with van der Waals surface area (Å²) in [7, 11) is 0. The van der Waals surface area contributed by atoms with Gasteiger partial charge in [-0.2, -0.15) is 0 Å². The Morgan fingerprint density at radius 1 is 1.05 bits per heavy atom. The van der Waals surface area contributed by atoms with Gasteiger partial charge in [0.15, 0.2) is 11.5 Å². The molecule has 0 radical (unpaired) electrons. The van der Waals surface area contributed by atoms with E-state index in [4.69, 9.17) is 9.47 Å². The first-order valence-corrected chi connectivity index (χ1v) is 7.64. The zero-order chi connectivity index (χ0) is 14.2. The summed E-state index contributed by atoms with van der Waals surface area (Å²) >= 11 is 3.48. The van der Waals surface area contributed by atoms with Crippen molar-refractivity contribution in [1.82, 2.24) is 9.97 Å². The van der Waals surface area contributed by atoms with Gasteiger partial charge >= 0.3 is 0 Å². The number of fused-ring (bicyclic) bond motifs is 2. The number of halogens is 1. The van der Waals surface area contributed by atoms with E-state index in [0.717, 1.165) is 44.8 Å². The highest BCUT2D eigenvalue weighted by molar-refractivity contribution is 9.10. The molecule has 0 saturated heterocycles. The maximum absolute atomic E-state index is 5.71. The van der Waals surface area contributed by atoms with Gasteiger partial charge in [-0.15, -0.1) is 0 Å². The van der Waals surface area contributed by atoms with Gasteiger partial charge in [0.2, 0.25) is 0 Å². The molecule has 0 saturated carbocycles. The normalized spacial score (nSPS) is 14.1. The van der Waals surface area contributed by atoms with Crippen LogP contribution in [0.4, 0.5) is 0 Å². The summed E-state index contributed by atoms with van der Waals surface area (Å²) in [5, 5.41) is 0. The molecular weight excluding hydrogens is 332 g/mol. The molecular formula is C16H13BrN2O2. The highest BCUT2D eigenvalue weighted by Gasteiger charge is 2.14. The smallest absolute Gasteiger partial charge is 0.163 e. The van der Waals surface area contributed by atoms with Crippen molar-refractivity contribution in [3.05, 3.63) is 40.9 Å². The van der Waals surface area contributed by atoms with E-state index in [-0.39, 0.29) is 0 Å². The summed E-state index contributed by atoms with van der Waals surface area (Å²) in [4.78, 5) is 7.99. The Morgan fingerprint density at radius 3 is 2.67 bits per heavy atom. The van der Waals surface area contributed by atoms with Crippen molar-refractivity contribution in [3.63, 3.8) is 0 Å². The molecule has 0 amide bonds. The standard InChI is InChI=1S/C16H13BrN2O2/c17-11-4-1-3-10(7-11)16-18-12-8-14-15(9-13(12)19-16)21-6-2-5-20-14/h1,3-4,7-9H,2,5-6H2,(H,18,19). The Bertz CT molecular complexity index is 770. The Morgan fingerprint density at radius 2 is 1.86 bits per heavy atom. The number of aromatic amines is 1. The summed E-state index contributed by atoms with van der Waals surface area (Å²) in [5.74, 6) is 2.39. The van der Waals surface area contributed by atoms with Gasteiger partial charge in [0.25, 0.3) is 0 Å². The van der Waals surface area contributed by atoms with E-state index in [9.17, 15) is 0 Å². The first-order valence-electron chi connectivity index (χ1n) is 6.85. The molecule has 3 aromatic rings. The Balaban J connectivity index is 1.83. The molecule has 1 aromatic heterocycles. The van der Waals surface area contributed by atoms with Gasteiger partial charge < -0.3 is 14.5 Å². The average molecular weight is 345 g/mol. The lowest BCUT2D eigenvalue weighted by molar-refractivity contribution is 0.297. The summed E-state index contributed by atoms with van der Waals surface area (Å²) in [5.41, 5.74) is 2.88. The number of hydrogen-bond acceptors (Lipinski definition) is 3. The molecule has 0 fully saturated rings. The van der Waals surface area contributed by atoms with Crippen molar-refractivity contribution in [3.8, 4) is 22.9 Å². The van der Waals surface area contributed by atoms with Gasteiger partial charge in [0.1, 0.15) is 5.82 Å². The van der Waals surface area contributed by atoms with Crippen LogP contribution in [0, 0.1) is 0 Å². The third kappa shape index (κ3) is 2.38. The number of imidazole rings is 1. The second-order valence-electron chi connectivity index (χ2n) is 4.96. The molecule has 106 valence electrons. The van der Waals surface area contributed by atoms with E-state index in [0.29, 0.717) is 13.2 Å². The van der Waals surface area contributed by atoms with Crippen LogP contribution in [0.25, 0.3) is 22.4 Å². The average Bonchev–Trinajstić information content (AvgIpc) is 2.76. The van der Waals surface area contributed by atoms with Gasteiger partial charge in [0, 0.05) is 28.6 Å². The second kappa shape index (κ2) is 5.07. The van der Waals surface area contributed by atoms with Crippen molar-refractivity contribution < 1.29 is 9.47 Å². The molecule has 1 aliphatic rings. The van der Waals surface area contributed by atoms with Crippen molar-refractivity contribution in [2.45, 2.75) is 6.42 Å². The molecule has 2 aromatic carbocycles. The number of benzene rings is 2. The lowest BCUT2D eigenvalue weighted by Crippen LogP contribution is -1.97. The third-order valence-corrected chi connectivity index (χ3v) is 3.94. The largest absolute Gasteiger partial charge is 0.489 e. The van der Waals surface area contributed by atoms with Gasteiger partial charge in [0.05, 0.1) is 24.2 Å². The number of ether oxygens (including phenoxy) is 2. The number of rotatable bonds is 1. The fraction of sp³-hybridized carbons (Fsp3) is 0.188. The monoisotopic (exact) mass is 344 g/mol. The van der Waals surface area contributed by atoms with Crippen molar-refractivity contribution in [1.29, 1.82) is 0 Å². The molecule has 0 atom stereocenters. The Hall–Kier alpha value is -2.01. The van der Waals surface area contributed by atoms with Crippen LogP contribution in [0.2, 0.25) is 0 Å². The van der Waals surface area contributed by atoms with Crippen LogP contribution in [-0.2, 0) is 0 Å². The number of hydrogen-bond donors (Lipinski definition) is 1. The van der Waals surface area contributed by atoms with Crippen molar-refractivity contribution >= 4 is 27.0 Å². The first kappa shape index (κ1) is 12.7. The molecule has 0 bridgehead atoms. The molecule has 21 heavy (non-hydrogen) atoms. The highest BCUT2D eigenvalue weighted by Crippen LogP contribution is 2.34. The third-order valence-electron chi connectivity index (χ3n) is 3.45. The van der Waals surface area contributed by atoms with Gasteiger partial charge in [-0.05, 0) is 12.1 Å². The van der Waals surface area contributed by atoms with E-state index in [1.807, 2.05) is 36.4 Å². The number of H-pyrrole nitrogens is 1. The summed E-state index contributed by atoms with van der Waals surface area (Å²) in [6.45, 7) is 1.37. The quantitative estimate of drug-likeness (QED) is 0.721. The molecule has 2 heterocycles. The molecule has 1 aliphatic heterocycles. The zero-order valence-corrected chi connectivity index (χ0v) is 12.8. The van der Waals surface area contributed by atoms with Crippen LogP contribution >= 0.6 is 15.9 Å². The lowest BCUT2D eigenvalue weighted by Gasteiger charge is -2.05. The van der Waals surface area contributed by atoms with E-state index in [1.165, 1.54) is 0 Å². The second-order valence-corrected chi connectivity index (χ2v) is 5.88. The summed E-state index contributed by atoms with van der Waals surface area (Å²) < 4.78 is 12.4. The van der Waals surface area contributed by atoms with Crippen molar-refractivity contribution in [2.75, 3.05) is 13.2 Å². The Labute approximate surface area is 130 Å². The summed E-state index contributed by atoms with van der Waals surface area (Å²) in [6, 6.07) is 12.0. The van der Waals surface area contributed by atoms with Gasteiger partial charge in [-0.3, -0.25) is 0 Å². The van der Waals surface area contributed by atoms with E-state index in [1.54, 1.807) is 0 Å². The van der Waals surface area contributed by atoms with Crippen LogP contribution in [0.1, 0.15) is 6.42 Å². The minimum Gasteiger partial charge on any atom is -0.489 e. The molecule has 0 unspecified atom stereocenters. The SMILES string of the molecule is Brc1cccc(-c2nc3cc4c(cc3[nH]2)OCCCO4)c1. The van der Waals surface area contributed by atoms with Gasteiger partial charge in [-0.1, -0.05) is 28.1 Å². The van der Waals surface area contributed by atoms with Gasteiger partial charge in [-0.25, -0.2) is 4.98 Å². The fourth-order valence-corrected chi connectivity index (χ4v) is 2.84. The van der Waals surface area contributed by atoms with Crippen LogP contribution < -0.4 is 9.47 Å². The van der Waals surface area contributed by atoms with Crippen LogP contribution in [0.5, 0.6) is 11.5 Å². The molecule has 0 spiro atoms. The Kier molecular flexibility index (Phi) is 3.07. The predicted molar refractivity (Wildman–Crippen MR) is 84.8 cm³/mol. The van der Waals surface area contributed by atoms with Crippen LogP contribution in [0.15, 0.2) is 40.9 Å². The highest BCUT2D eigenvalue weighted by atomic mass is 79.9. The minimum absolute atomic E-state index is 0.682. The maximum atomic E-state index is 5.71. The van der Waals surface area contributed by atoms with E-state index < -0.39 is 0 Å². The van der Waals surface area contributed by atoms with E-state index >= 15 is 0 Å². The first-order chi connectivity index (χ1) is 10.3. The number of nitrogens with zero attached hydrogens (tertiary/aromatic N) is 1. The van der Waals surface area contributed by atoms with E-state index in [2.05, 4.69) is 25.9 Å². The van der Waals surface area contributed by atoms with Crippen LogP contribution in [-0.4, -0.2) is 23.2 Å². The lowest BCUT2D eigenvalue weighted by atomic mass is 10.2. The maximum Gasteiger partial charge on any atom is 0.163 e. The molecule has 1 N–H and O–H groups in total.